The van der Waals surface area contributed by atoms with Gasteiger partial charge in [-0.15, -0.1) is 0 Å². The molecule has 0 aliphatic carbocycles. The molecule has 1 unspecified atom stereocenters. The summed E-state index contributed by atoms with van der Waals surface area (Å²) in [5.41, 5.74) is 0.678. The van der Waals surface area contributed by atoms with Crippen LogP contribution >= 0.6 is 0 Å². The normalized spacial score (nSPS) is 20.2. The van der Waals surface area contributed by atoms with Gasteiger partial charge >= 0.3 is 5.97 Å². The van der Waals surface area contributed by atoms with Crippen molar-refractivity contribution in [2.24, 2.45) is 0 Å². The fourth-order valence-electron chi connectivity index (χ4n) is 2.30. The topological polar surface area (TPSA) is 48.1 Å². The van der Waals surface area contributed by atoms with Gasteiger partial charge in [0.1, 0.15) is 0 Å². The lowest BCUT2D eigenvalue weighted by molar-refractivity contribution is -0.149. The molecule has 0 saturated carbocycles. The zero-order chi connectivity index (χ0) is 15.0. The zero-order valence-corrected chi connectivity index (χ0v) is 12.7. The number of ether oxygens (including phenoxy) is 3. The first-order chi connectivity index (χ1) is 10.3. The van der Waals surface area contributed by atoms with Gasteiger partial charge in [-0.05, 0) is 38.2 Å². The SMILES string of the molecule is CCOC(=O)C1(CCCOCCCc2ccccc2)CO1. The molecule has 1 aliphatic rings. The Morgan fingerprint density at radius 1 is 1.24 bits per heavy atom. The predicted octanol–water partition coefficient (Wildman–Crippen LogP) is 2.75. The molecule has 1 aromatic carbocycles. The number of benzene rings is 1. The predicted molar refractivity (Wildman–Crippen MR) is 80.1 cm³/mol. The summed E-state index contributed by atoms with van der Waals surface area (Å²) in [5, 5.41) is 0. The number of carbonyl (C=O) groups excluding carboxylic acids is 1. The summed E-state index contributed by atoms with van der Waals surface area (Å²) in [5.74, 6) is -0.228. The summed E-state index contributed by atoms with van der Waals surface area (Å²) in [4.78, 5) is 11.7. The van der Waals surface area contributed by atoms with Crippen molar-refractivity contribution in [1.82, 2.24) is 0 Å². The molecule has 21 heavy (non-hydrogen) atoms. The Bertz CT molecular complexity index is 426. The van der Waals surface area contributed by atoms with Gasteiger partial charge in [0.05, 0.1) is 13.2 Å². The first kappa shape index (κ1) is 16.0. The van der Waals surface area contributed by atoms with E-state index in [9.17, 15) is 4.79 Å². The van der Waals surface area contributed by atoms with Crippen LogP contribution in [-0.2, 0) is 25.4 Å². The highest BCUT2D eigenvalue weighted by Crippen LogP contribution is 2.33. The molecule has 1 aromatic rings. The maximum atomic E-state index is 11.7. The summed E-state index contributed by atoms with van der Waals surface area (Å²) < 4.78 is 15.9. The highest BCUT2D eigenvalue weighted by molar-refractivity contribution is 5.82. The standard InChI is InChI=1S/C17H24O4/c1-2-20-16(18)17(14-21-17)11-7-13-19-12-6-10-15-8-4-3-5-9-15/h3-5,8-9H,2,6-7,10-14H2,1H3. The molecular formula is C17H24O4. The number of esters is 1. The quantitative estimate of drug-likeness (QED) is 0.378. The van der Waals surface area contributed by atoms with Crippen molar-refractivity contribution in [3.63, 3.8) is 0 Å². The number of rotatable bonds is 10. The average Bonchev–Trinajstić information content (AvgIpc) is 3.29. The van der Waals surface area contributed by atoms with E-state index in [-0.39, 0.29) is 5.97 Å². The first-order valence-electron chi connectivity index (χ1n) is 7.70. The van der Waals surface area contributed by atoms with Crippen molar-refractivity contribution in [2.45, 2.75) is 38.2 Å². The molecule has 0 N–H and O–H groups in total. The summed E-state index contributed by atoms with van der Waals surface area (Å²) >= 11 is 0. The van der Waals surface area contributed by atoms with Gasteiger partial charge in [-0.2, -0.15) is 0 Å². The van der Waals surface area contributed by atoms with E-state index in [4.69, 9.17) is 14.2 Å². The van der Waals surface area contributed by atoms with Gasteiger partial charge in [0, 0.05) is 13.2 Å². The molecule has 0 spiro atoms. The Labute approximate surface area is 126 Å². The Morgan fingerprint density at radius 2 is 1.95 bits per heavy atom. The zero-order valence-electron chi connectivity index (χ0n) is 12.7. The van der Waals surface area contributed by atoms with Crippen molar-refractivity contribution in [1.29, 1.82) is 0 Å². The molecule has 0 bridgehead atoms. The van der Waals surface area contributed by atoms with Crippen molar-refractivity contribution in [3.8, 4) is 0 Å². The molecule has 1 fully saturated rings. The molecule has 4 heteroatoms. The first-order valence-corrected chi connectivity index (χ1v) is 7.70. The smallest absolute Gasteiger partial charge is 0.340 e. The van der Waals surface area contributed by atoms with Gasteiger partial charge in [-0.3, -0.25) is 0 Å². The van der Waals surface area contributed by atoms with Crippen LogP contribution in [0.1, 0.15) is 31.7 Å². The van der Waals surface area contributed by atoms with Crippen LogP contribution in [0, 0.1) is 0 Å². The Balaban J connectivity index is 1.50. The molecule has 1 atom stereocenters. The van der Waals surface area contributed by atoms with Gasteiger partial charge in [0.2, 0.25) is 0 Å². The summed E-state index contributed by atoms with van der Waals surface area (Å²) in [7, 11) is 0. The molecule has 116 valence electrons. The second-order valence-corrected chi connectivity index (χ2v) is 5.31. The van der Waals surface area contributed by atoms with E-state index in [1.807, 2.05) is 13.0 Å². The fourth-order valence-corrected chi connectivity index (χ4v) is 2.30. The van der Waals surface area contributed by atoms with E-state index in [1.54, 1.807) is 0 Å². The van der Waals surface area contributed by atoms with E-state index in [1.165, 1.54) is 5.56 Å². The van der Waals surface area contributed by atoms with Gasteiger partial charge in [-0.25, -0.2) is 4.79 Å². The van der Waals surface area contributed by atoms with Crippen LogP contribution in [0.2, 0.25) is 0 Å². The van der Waals surface area contributed by atoms with Crippen molar-refractivity contribution >= 4 is 5.97 Å². The monoisotopic (exact) mass is 292 g/mol. The van der Waals surface area contributed by atoms with E-state index in [2.05, 4.69) is 24.3 Å². The number of aryl methyl sites for hydroxylation is 1. The van der Waals surface area contributed by atoms with Crippen molar-refractivity contribution in [2.75, 3.05) is 26.4 Å². The van der Waals surface area contributed by atoms with Gasteiger partial charge < -0.3 is 14.2 Å². The molecule has 1 aliphatic heterocycles. The van der Waals surface area contributed by atoms with Crippen LogP contribution in [0.4, 0.5) is 0 Å². The third-order valence-electron chi connectivity index (χ3n) is 3.61. The lowest BCUT2D eigenvalue weighted by Crippen LogP contribution is -2.27. The van der Waals surface area contributed by atoms with E-state index in [0.717, 1.165) is 25.9 Å². The van der Waals surface area contributed by atoms with Crippen LogP contribution in [0.15, 0.2) is 30.3 Å². The third-order valence-corrected chi connectivity index (χ3v) is 3.61. The minimum atomic E-state index is -0.663. The number of carbonyl (C=O) groups is 1. The second-order valence-electron chi connectivity index (χ2n) is 5.31. The van der Waals surface area contributed by atoms with Crippen LogP contribution < -0.4 is 0 Å². The number of epoxide rings is 1. The Hall–Kier alpha value is -1.39. The van der Waals surface area contributed by atoms with Gasteiger partial charge in [-0.1, -0.05) is 30.3 Å². The van der Waals surface area contributed by atoms with Crippen LogP contribution in [-0.4, -0.2) is 38.0 Å². The maximum Gasteiger partial charge on any atom is 0.340 e. The lowest BCUT2D eigenvalue weighted by atomic mass is 10.1. The van der Waals surface area contributed by atoms with Crippen LogP contribution in [0.3, 0.4) is 0 Å². The molecule has 1 heterocycles. The second kappa shape index (κ2) is 8.15. The molecule has 0 amide bonds. The number of hydrogen-bond donors (Lipinski definition) is 0. The Morgan fingerprint density at radius 3 is 2.62 bits per heavy atom. The summed E-state index contributed by atoms with van der Waals surface area (Å²) in [6.45, 7) is 4.12. The number of hydrogen-bond acceptors (Lipinski definition) is 4. The molecule has 0 aromatic heterocycles. The van der Waals surface area contributed by atoms with Crippen molar-refractivity contribution < 1.29 is 19.0 Å². The molecule has 2 rings (SSSR count). The van der Waals surface area contributed by atoms with Gasteiger partial charge in [0.15, 0.2) is 5.60 Å². The molecule has 1 saturated heterocycles. The molecule has 0 radical (unpaired) electrons. The highest BCUT2D eigenvalue weighted by atomic mass is 16.6. The van der Waals surface area contributed by atoms with E-state index in [0.29, 0.717) is 26.2 Å². The minimum Gasteiger partial charge on any atom is -0.464 e. The summed E-state index contributed by atoms with van der Waals surface area (Å²) in [6.07, 6.45) is 3.56. The molecule has 4 nitrogen and oxygen atoms in total. The Kier molecular flexibility index (Phi) is 6.21. The maximum absolute atomic E-state index is 11.7. The summed E-state index contributed by atoms with van der Waals surface area (Å²) in [6, 6.07) is 10.4. The minimum absolute atomic E-state index is 0.228. The van der Waals surface area contributed by atoms with Crippen LogP contribution in [0.25, 0.3) is 0 Å². The lowest BCUT2D eigenvalue weighted by Gasteiger charge is -2.10. The van der Waals surface area contributed by atoms with E-state index >= 15 is 0 Å². The largest absolute Gasteiger partial charge is 0.464 e. The van der Waals surface area contributed by atoms with E-state index < -0.39 is 5.60 Å². The van der Waals surface area contributed by atoms with Crippen LogP contribution in [0.5, 0.6) is 0 Å². The fraction of sp³-hybridized carbons (Fsp3) is 0.588. The van der Waals surface area contributed by atoms with Gasteiger partial charge in [0.25, 0.3) is 0 Å². The highest BCUT2D eigenvalue weighted by Gasteiger charge is 2.52. The third kappa shape index (κ3) is 5.14. The van der Waals surface area contributed by atoms with Crippen molar-refractivity contribution in [3.05, 3.63) is 35.9 Å². The average molecular weight is 292 g/mol. The molecular weight excluding hydrogens is 268 g/mol.